The van der Waals surface area contributed by atoms with Crippen LogP contribution in [0.25, 0.3) is 0 Å². The van der Waals surface area contributed by atoms with Crippen LogP contribution in [0, 0.1) is 0 Å². The Morgan fingerprint density at radius 1 is 0.917 bits per heavy atom. The van der Waals surface area contributed by atoms with E-state index in [1.165, 1.54) is 0 Å². The van der Waals surface area contributed by atoms with Gasteiger partial charge in [-0.3, -0.25) is 4.79 Å². The van der Waals surface area contributed by atoms with Crippen molar-refractivity contribution >= 4 is 46.2 Å². The van der Waals surface area contributed by atoms with Gasteiger partial charge in [0.1, 0.15) is 5.69 Å². The molecule has 6 heteroatoms. The molecule has 24 heavy (non-hydrogen) atoms. The third-order valence-corrected chi connectivity index (χ3v) is 3.80. The van der Waals surface area contributed by atoms with Crippen molar-refractivity contribution in [2.45, 2.75) is 0 Å². The van der Waals surface area contributed by atoms with Crippen LogP contribution in [0.5, 0.6) is 0 Å². The predicted molar refractivity (Wildman–Crippen MR) is 98.4 cm³/mol. The first-order valence-electron chi connectivity index (χ1n) is 7.16. The van der Waals surface area contributed by atoms with Gasteiger partial charge in [-0.05, 0) is 42.5 Å². The monoisotopic (exact) mass is 357 g/mol. The summed E-state index contributed by atoms with van der Waals surface area (Å²) < 4.78 is 0. The van der Waals surface area contributed by atoms with E-state index in [-0.39, 0.29) is 5.91 Å². The standard InChI is InChI=1S/C18H13Cl2N3O/c19-12-4-3-5-13(10-12)23-18(24)17-9-8-14(11-21-17)22-16-7-2-1-6-15(16)20/h1-11,22H,(H,23,24). The maximum absolute atomic E-state index is 12.2. The number of pyridine rings is 1. The minimum absolute atomic E-state index is 0.304. The molecule has 3 aromatic rings. The van der Waals surface area contributed by atoms with Gasteiger partial charge in [0.2, 0.25) is 0 Å². The van der Waals surface area contributed by atoms with E-state index < -0.39 is 0 Å². The summed E-state index contributed by atoms with van der Waals surface area (Å²) in [5, 5.41) is 7.07. The highest BCUT2D eigenvalue weighted by molar-refractivity contribution is 6.33. The van der Waals surface area contributed by atoms with Crippen LogP contribution in [0.2, 0.25) is 10.0 Å². The Balaban J connectivity index is 1.70. The number of carbonyl (C=O) groups is 1. The van der Waals surface area contributed by atoms with Crippen LogP contribution in [0.3, 0.4) is 0 Å². The number of hydrogen-bond donors (Lipinski definition) is 2. The van der Waals surface area contributed by atoms with E-state index in [1.807, 2.05) is 18.2 Å². The molecule has 0 bridgehead atoms. The summed E-state index contributed by atoms with van der Waals surface area (Å²) in [5.74, 6) is -0.304. The number of aromatic nitrogens is 1. The fraction of sp³-hybridized carbons (Fsp3) is 0. The average molecular weight is 358 g/mol. The smallest absolute Gasteiger partial charge is 0.274 e. The van der Waals surface area contributed by atoms with Crippen molar-refractivity contribution in [3.63, 3.8) is 0 Å². The number of halogens is 2. The molecule has 4 nitrogen and oxygen atoms in total. The van der Waals surface area contributed by atoms with Crippen molar-refractivity contribution in [2.24, 2.45) is 0 Å². The molecule has 0 atom stereocenters. The first-order chi connectivity index (χ1) is 11.6. The second kappa shape index (κ2) is 7.34. The lowest BCUT2D eigenvalue weighted by atomic mass is 10.2. The lowest BCUT2D eigenvalue weighted by molar-refractivity contribution is 0.102. The van der Waals surface area contributed by atoms with Crippen LogP contribution in [0.15, 0.2) is 66.9 Å². The Hall–Kier alpha value is -2.56. The molecule has 0 aliphatic heterocycles. The number of carbonyl (C=O) groups excluding carboxylic acids is 1. The van der Waals surface area contributed by atoms with Crippen LogP contribution in [0.4, 0.5) is 17.1 Å². The molecule has 0 saturated heterocycles. The van der Waals surface area contributed by atoms with Gasteiger partial charge in [0.15, 0.2) is 0 Å². The molecule has 0 saturated carbocycles. The Labute approximate surface area is 149 Å². The lowest BCUT2D eigenvalue weighted by Gasteiger charge is -2.09. The molecule has 2 aromatic carbocycles. The van der Waals surface area contributed by atoms with Gasteiger partial charge < -0.3 is 10.6 Å². The predicted octanol–water partition coefficient (Wildman–Crippen LogP) is 5.38. The first kappa shape index (κ1) is 16.3. The summed E-state index contributed by atoms with van der Waals surface area (Å²) >= 11 is 12.0. The van der Waals surface area contributed by atoms with Crippen molar-refractivity contribution in [1.29, 1.82) is 0 Å². The van der Waals surface area contributed by atoms with Gasteiger partial charge in [0.05, 0.1) is 22.6 Å². The van der Waals surface area contributed by atoms with Gasteiger partial charge >= 0.3 is 0 Å². The molecular formula is C18H13Cl2N3O. The fourth-order valence-corrected chi connectivity index (χ4v) is 2.45. The van der Waals surface area contributed by atoms with Gasteiger partial charge in [-0.15, -0.1) is 0 Å². The van der Waals surface area contributed by atoms with Crippen LogP contribution in [-0.2, 0) is 0 Å². The maximum atomic E-state index is 12.2. The van der Waals surface area contributed by atoms with Gasteiger partial charge in [0, 0.05) is 10.7 Å². The minimum atomic E-state index is -0.304. The molecule has 2 N–H and O–H groups in total. The van der Waals surface area contributed by atoms with Crippen molar-refractivity contribution in [3.05, 3.63) is 82.6 Å². The maximum Gasteiger partial charge on any atom is 0.274 e. The number of para-hydroxylation sites is 1. The molecule has 1 amide bonds. The van der Waals surface area contributed by atoms with Gasteiger partial charge in [-0.25, -0.2) is 4.98 Å². The number of nitrogens with one attached hydrogen (secondary N) is 2. The van der Waals surface area contributed by atoms with Crippen LogP contribution < -0.4 is 10.6 Å². The van der Waals surface area contributed by atoms with E-state index >= 15 is 0 Å². The number of rotatable bonds is 4. The van der Waals surface area contributed by atoms with E-state index in [2.05, 4.69) is 15.6 Å². The summed E-state index contributed by atoms with van der Waals surface area (Å²) in [6, 6.07) is 17.7. The zero-order chi connectivity index (χ0) is 16.9. The normalized spacial score (nSPS) is 10.2. The average Bonchev–Trinajstić information content (AvgIpc) is 2.57. The molecular weight excluding hydrogens is 345 g/mol. The van der Waals surface area contributed by atoms with Crippen molar-refractivity contribution in [3.8, 4) is 0 Å². The van der Waals surface area contributed by atoms with Gasteiger partial charge in [-0.2, -0.15) is 0 Å². The highest BCUT2D eigenvalue weighted by atomic mass is 35.5. The highest BCUT2D eigenvalue weighted by Crippen LogP contribution is 2.24. The van der Waals surface area contributed by atoms with Crippen molar-refractivity contribution in [2.75, 3.05) is 10.6 Å². The zero-order valence-corrected chi connectivity index (χ0v) is 14.0. The SMILES string of the molecule is O=C(Nc1cccc(Cl)c1)c1ccc(Nc2ccccc2Cl)cn1. The summed E-state index contributed by atoms with van der Waals surface area (Å²) in [5.41, 5.74) is 2.44. The second-order valence-corrected chi connectivity index (χ2v) is 5.85. The molecule has 0 aliphatic carbocycles. The third-order valence-electron chi connectivity index (χ3n) is 3.23. The van der Waals surface area contributed by atoms with Gasteiger partial charge in [-0.1, -0.05) is 41.4 Å². The highest BCUT2D eigenvalue weighted by Gasteiger charge is 2.08. The Morgan fingerprint density at radius 3 is 2.46 bits per heavy atom. The minimum Gasteiger partial charge on any atom is -0.353 e. The number of hydrogen-bond acceptors (Lipinski definition) is 3. The number of anilines is 3. The van der Waals surface area contributed by atoms with Crippen LogP contribution in [0.1, 0.15) is 10.5 Å². The second-order valence-electron chi connectivity index (χ2n) is 5.00. The Kier molecular flexibility index (Phi) is 4.99. The quantitative estimate of drug-likeness (QED) is 0.658. The Bertz CT molecular complexity index is 866. The lowest BCUT2D eigenvalue weighted by Crippen LogP contribution is -2.13. The molecule has 0 unspecified atom stereocenters. The fourth-order valence-electron chi connectivity index (χ4n) is 2.08. The van der Waals surface area contributed by atoms with E-state index in [0.29, 0.717) is 21.4 Å². The van der Waals surface area contributed by atoms with E-state index in [4.69, 9.17) is 23.2 Å². The Morgan fingerprint density at radius 2 is 1.75 bits per heavy atom. The zero-order valence-electron chi connectivity index (χ0n) is 12.5. The van der Waals surface area contributed by atoms with E-state index in [1.54, 1.807) is 48.7 Å². The summed E-state index contributed by atoms with van der Waals surface area (Å²) in [4.78, 5) is 16.4. The summed E-state index contributed by atoms with van der Waals surface area (Å²) in [6.45, 7) is 0. The molecule has 0 aliphatic rings. The summed E-state index contributed by atoms with van der Waals surface area (Å²) in [6.07, 6.45) is 1.58. The first-order valence-corrected chi connectivity index (χ1v) is 7.92. The number of benzene rings is 2. The molecule has 3 rings (SSSR count). The largest absolute Gasteiger partial charge is 0.353 e. The van der Waals surface area contributed by atoms with Gasteiger partial charge in [0.25, 0.3) is 5.91 Å². The number of nitrogens with zero attached hydrogens (tertiary/aromatic N) is 1. The van der Waals surface area contributed by atoms with E-state index in [0.717, 1.165) is 11.4 Å². The molecule has 0 spiro atoms. The van der Waals surface area contributed by atoms with Crippen LogP contribution in [-0.4, -0.2) is 10.9 Å². The molecule has 1 aromatic heterocycles. The van der Waals surface area contributed by atoms with Crippen LogP contribution >= 0.6 is 23.2 Å². The van der Waals surface area contributed by atoms with E-state index in [9.17, 15) is 4.79 Å². The summed E-state index contributed by atoms with van der Waals surface area (Å²) in [7, 11) is 0. The number of amides is 1. The topological polar surface area (TPSA) is 54.0 Å². The molecule has 0 fully saturated rings. The van der Waals surface area contributed by atoms with Crippen molar-refractivity contribution < 1.29 is 4.79 Å². The molecule has 0 radical (unpaired) electrons. The third kappa shape index (κ3) is 4.04. The molecule has 120 valence electrons. The van der Waals surface area contributed by atoms with Crippen molar-refractivity contribution in [1.82, 2.24) is 4.98 Å². The molecule has 1 heterocycles.